The Morgan fingerprint density at radius 3 is 2.45 bits per heavy atom. The summed E-state index contributed by atoms with van der Waals surface area (Å²) in [6.07, 6.45) is 1.96. The third-order valence-corrected chi connectivity index (χ3v) is 2.69. The zero-order valence-corrected chi connectivity index (χ0v) is 7.61. The SMILES string of the molecule is CCC(C)(C)C(=O)[C@H]1CCN1. The van der Waals surface area contributed by atoms with Gasteiger partial charge in [0.15, 0.2) is 5.78 Å². The van der Waals surface area contributed by atoms with Crippen molar-refractivity contribution in [3.8, 4) is 0 Å². The highest BCUT2D eigenvalue weighted by atomic mass is 16.1. The summed E-state index contributed by atoms with van der Waals surface area (Å²) in [7, 11) is 0. The first-order valence-electron chi connectivity index (χ1n) is 4.35. The Balaban J connectivity index is 2.51. The van der Waals surface area contributed by atoms with E-state index in [1.54, 1.807) is 0 Å². The van der Waals surface area contributed by atoms with Crippen LogP contribution in [0.4, 0.5) is 0 Å². The molecule has 2 heteroatoms. The Hall–Kier alpha value is -0.370. The van der Waals surface area contributed by atoms with Gasteiger partial charge < -0.3 is 5.32 Å². The highest BCUT2D eigenvalue weighted by Crippen LogP contribution is 2.25. The van der Waals surface area contributed by atoms with E-state index in [4.69, 9.17) is 0 Å². The summed E-state index contributed by atoms with van der Waals surface area (Å²) in [6.45, 7) is 7.12. The maximum atomic E-state index is 11.6. The normalized spacial score (nSPS) is 24.5. The molecule has 0 amide bonds. The van der Waals surface area contributed by atoms with Gasteiger partial charge in [-0.25, -0.2) is 0 Å². The van der Waals surface area contributed by atoms with Crippen LogP contribution >= 0.6 is 0 Å². The summed E-state index contributed by atoms with van der Waals surface area (Å²) in [4.78, 5) is 11.6. The number of nitrogens with one attached hydrogen (secondary N) is 1. The molecule has 1 heterocycles. The van der Waals surface area contributed by atoms with E-state index in [1.165, 1.54) is 0 Å². The number of carbonyl (C=O) groups is 1. The summed E-state index contributed by atoms with van der Waals surface area (Å²) in [5.74, 6) is 0.381. The van der Waals surface area contributed by atoms with Crippen LogP contribution in [0.15, 0.2) is 0 Å². The van der Waals surface area contributed by atoms with E-state index < -0.39 is 0 Å². The van der Waals surface area contributed by atoms with E-state index in [-0.39, 0.29) is 11.5 Å². The van der Waals surface area contributed by atoms with Crippen molar-refractivity contribution in [3.63, 3.8) is 0 Å². The molecule has 0 aromatic carbocycles. The molecule has 0 aromatic heterocycles. The van der Waals surface area contributed by atoms with E-state index in [1.807, 2.05) is 13.8 Å². The van der Waals surface area contributed by atoms with Gasteiger partial charge in [-0.15, -0.1) is 0 Å². The zero-order valence-electron chi connectivity index (χ0n) is 7.61. The highest BCUT2D eigenvalue weighted by molar-refractivity contribution is 5.89. The van der Waals surface area contributed by atoms with Gasteiger partial charge in [0.2, 0.25) is 0 Å². The lowest BCUT2D eigenvalue weighted by Crippen LogP contribution is -2.52. The van der Waals surface area contributed by atoms with E-state index >= 15 is 0 Å². The summed E-state index contributed by atoms with van der Waals surface area (Å²) in [5.41, 5.74) is -0.127. The number of rotatable bonds is 3. The van der Waals surface area contributed by atoms with E-state index in [0.717, 1.165) is 19.4 Å². The number of hydrogen-bond donors (Lipinski definition) is 1. The molecule has 11 heavy (non-hydrogen) atoms. The molecule has 2 nitrogen and oxygen atoms in total. The maximum absolute atomic E-state index is 11.6. The smallest absolute Gasteiger partial charge is 0.155 e. The van der Waals surface area contributed by atoms with Crippen LogP contribution in [0.3, 0.4) is 0 Å². The van der Waals surface area contributed by atoms with Crippen LogP contribution in [0, 0.1) is 5.41 Å². The van der Waals surface area contributed by atoms with Crippen LogP contribution in [0.25, 0.3) is 0 Å². The van der Waals surface area contributed by atoms with Crippen molar-refractivity contribution < 1.29 is 4.79 Å². The summed E-state index contributed by atoms with van der Waals surface area (Å²) < 4.78 is 0. The number of carbonyl (C=O) groups excluding carboxylic acids is 1. The first kappa shape index (κ1) is 8.72. The van der Waals surface area contributed by atoms with Crippen molar-refractivity contribution in [2.24, 2.45) is 5.41 Å². The maximum Gasteiger partial charge on any atom is 0.155 e. The minimum Gasteiger partial charge on any atom is -0.307 e. The van der Waals surface area contributed by atoms with Crippen LogP contribution in [-0.2, 0) is 4.79 Å². The predicted molar refractivity (Wildman–Crippen MR) is 45.5 cm³/mol. The number of Topliss-reactive ketones (excluding diaryl/α,β-unsaturated/α-hetero) is 1. The molecule has 0 radical (unpaired) electrons. The molecule has 1 fully saturated rings. The molecule has 1 rings (SSSR count). The van der Waals surface area contributed by atoms with Crippen LogP contribution in [0.2, 0.25) is 0 Å². The summed E-state index contributed by atoms with van der Waals surface area (Å²) in [5, 5.41) is 3.14. The fourth-order valence-corrected chi connectivity index (χ4v) is 1.16. The quantitative estimate of drug-likeness (QED) is 0.666. The van der Waals surface area contributed by atoms with E-state index in [9.17, 15) is 4.79 Å². The van der Waals surface area contributed by atoms with Crippen LogP contribution < -0.4 is 5.32 Å². The molecule has 64 valence electrons. The molecule has 1 aliphatic rings. The van der Waals surface area contributed by atoms with Crippen molar-refractivity contribution in [3.05, 3.63) is 0 Å². The molecule has 0 spiro atoms. The van der Waals surface area contributed by atoms with Gasteiger partial charge in [0.1, 0.15) is 0 Å². The van der Waals surface area contributed by atoms with Crippen molar-refractivity contribution in [1.82, 2.24) is 5.32 Å². The number of hydrogen-bond acceptors (Lipinski definition) is 2. The Morgan fingerprint density at radius 2 is 2.18 bits per heavy atom. The molecule has 1 aliphatic heterocycles. The van der Waals surface area contributed by atoms with E-state index in [2.05, 4.69) is 12.2 Å². The highest BCUT2D eigenvalue weighted by Gasteiger charge is 2.34. The molecule has 1 saturated heterocycles. The van der Waals surface area contributed by atoms with Crippen molar-refractivity contribution in [1.29, 1.82) is 0 Å². The molecular weight excluding hydrogens is 138 g/mol. The fourth-order valence-electron chi connectivity index (χ4n) is 1.16. The van der Waals surface area contributed by atoms with Crippen LogP contribution in [-0.4, -0.2) is 18.4 Å². The molecule has 0 saturated carbocycles. The third-order valence-electron chi connectivity index (χ3n) is 2.69. The Morgan fingerprint density at radius 1 is 1.64 bits per heavy atom. The molecule has 0 aliphatic carbocycles. The molecule has 1 atom stereocenters. The topological polar surface area (TPSA) is 29.1 Å². The second-order valence-electron chi connectivity index (χ2n) is 3.90. The lowest BCUT2D eigenvalue weighted by Gasteiger charge is -2.33. The second-order valence-corrected chi connectivity index (χ2v) is 3.90. The molecule has 0 bridgehead atoms. The lowest BCUT2D eigenvalue weighted by atomic mass is 9.79. The standard InChI is InChI=1S/C9H17NO/c1-4-9(2,3)8(11)7-5-6-10-7/h7,10H,4-6H2,1-3H3/t7-/m1/s1. The second kappa shape index (κ2) is 2.94. The van der Waals surface area contributed by atoms with Gasteiger partial charge in [-0.1, -0.05) is 20.8 Å². The lowest BCUT2D eigenvalue weighted by molar-refractivity contribution is -0.131. The first-order valence-corrected chi connectivity index (χ1v) is 4.35. The molecule has 0 unspecified atom stereocenters. The van der Waals surface area contributed by atoms with Crippen LogP contribution in [0.5, 0.6) is 0 Å². The number of ketones is 1. The van der Waals surface area contributed by atoms with E-state index in [0.29, 0.717) is 5.78 Å². The largest absolute Gasteiger partial charge is 0.307 e. The molecular formula is C9H17NO. The van der Waals surface area contributed by atoms with Gasteiger partial charge >= 0.3 is 0 Å². The van der Waals surface area contributed by atoms with Crippen molar-refractivity contribution in [2.75, 3.05) is 6.54 Å². The van der Waals surface area contributed by atoms with Gasteiger partial charge in [0, 0.05) is 5.41 Å². The fraction of sp³-hybridized carbons (Fsp3) is 0.889. The molecule has 0 aromatic rings. The monoisotopic (exact) mass is 155 g/mol. The molecule has 1 N–H and O–H groups in total. The minimum absolute atomic E-state index is 0.127. The Labute approximate surface area is 68.4 Å². The predicted octanol–water partition coefficient (Wildman–Crippen LogP) is 1.35. The Kier molecular flexibility index (Phi) is 2.33. The minimum atomic E-state index is -0.127. The zero-order chi connectivity index (χ0) is 8.48. The Bertz CT molecular complexity index is 159. The van der Waals surface area contributed by atoms with Gasteiger partial charge in [0.05, 0.1) is 6.04 Å². The van der Waals surface area contributed by atoms with Gasteiger partial charge in [-0.2, -0.15) is 0 Å². The first-order chi connectivity index (χ1) is 5.08. The van der Waals surface area contributed by atoms with Crippen molar-refractivity contribution in [2.45, 2.75) is 39.7 Å². The summed E-state index contributed by atoms with van der Waals surface area (Å²) >= 11 is 0. The van der Waals surface area contributed by atoms with Gasteiger partial charge in [-0.05, 0) is 19.4 Å². The average molecular weight is 155 g/mol. The third kappa shape index (κ3) is 1.62. The van der Waals surface area contributed by atoms with Gasteiger partial charge in [-0.3, -0.25) is 4.79 Å². The average Bonchev–Trinajstić information content (AvgIpc) is 1.84. The van der Waals surface area contributed by atoms with Gasteiger partial charge in [0.25, 0.3) is 0 Å². The van der Waals surface area contributed by atoms with Crippen LogP contribution in [0.1, 0.15) is 33.6 Å². The summed E-state index contributed by atoms with van der Waals surface area (Å²) in [6, 6.07) is 0.157. The van der Waals surface area contributed by atoms with Crippen molar-refractivity contribution >= 4 is 5.78 Å².